The van der Waals surface area contributed by atoms with E-state index in [1.54, 1.807) is 30.4 Å². The molecule has 1 saturated carbocycles. The third kappa shape index (κ3) is 3.60. The van der Waals surface area contributed by atoms with Crippen molar-refractivity contribution in [3.05, 3.63) is 52.1 Å². The lowest BCUT2D eigenvalue weighted by Gasteiger charge is -2.26. The Balaban J connectivity index is 1.70. The minimum Gasteiger partial charge on any atom is -0.356 e. The predicted octanol–water partition coefficient (Wildman–Crippen LogP) is 3.05. The molecule has 2 aliphatic rings. The van der Waals surface area contributed by atoms with Crippen LogP contribution in [0.3, 0.4) is 0 Å². The van der Waals surface area contributed by atoms with Crippen LogP contribution in [-0.2, 0) is 29.2 Å². The molecule has 32 heavy (non-hydrogen) atoms. The molecule has 2 N–H and O–H groups in total. The second kappa shape index (κ2) is 7.51. The maximum Gasteiger partial charge on any atom is 0.322 e. The molecule has 9 heteroatoms. The first-order chi connectivity index (χ1) is 15.2. The van der Waals surface area contributed by atoms with Crippen molar-refractivity contribution in [1.29, 1.82) is 0 Å². The number of carbonyl (C=O) groups excluding carboxylic acids is 1. The highest BCUT2D eigenvalue weighted by atomic mass is 32.2. The molecular weight excluding hydrogens is 428 g/mol. The van der Waals surface area contributed by atoms with Crippen LogP contribution in [0, 0.1) is 0 Å². The van der Waals surface area contributed by atoms with Gasteiger partial charge in [0.2, 0.25) is 0 Å². The smallest absolute Gasteiger partial charge is 0.322 e. The lowest BCUT2D eigenvalue weighted by molar-refractivity contribution is 0.242. The average molecular weight is 455 g/mol. The Bertz CT molecular complexity index is 1400. The second-order valence-corrected chi connectivity index (χ2v) is 11.1. The molecule has 0 bridgehead atoms. The van der Waals surface area contributed by atoms with Gasteiger partial charge in [0, 0.05) is 48.3 Å². The lowest BCUT2D eigenvalue weighted by atomic mass is 9.99. The summed E-state index contributed by atoms with van der Waals surface area (Å²) in [6, 6.07) is 5.39. The summed E-state index contributed by atoms with van der Waals surface area (Å²) in [5.74, 6) is -0.0938. The third-order valence-electron chi connectivity index (χ3n) is 6.42. The van der Waals surface area contributed by atoms with Crippen molar-refractivity contribution in [2.24, 2.45) is 7.05 Å². The number of pyridine rings is 1. The van der Waals surface area contributed by atoms with E-state index in [-0.39, 0.29) is 23.4 Å². The summed E-state index contributed by atoms with van der Waals surface area (Å²) in [6.45, 7) is 0.317. The Morgan fingerprint density at radius 2 is 1.97 bits per heavy atom. The Morgan fingerprint density at radius 3 is 2.69 bits per heavy atom. The number of amides is 2. The SMILES string of the molecule is Cn1cc2c3c(c[nH]c3c1=O)CN(C(=O)NC1CCCC1)c1ccc(CS(C)(=O)=O)cc1-2. The van der Waals surface area contributed by atoms with Crippen LogP contribution in [0.25, 0.3) is 22.0 Å². The number of anilines is 1. The molecule has 0 radical (unpaired) electrons. The third-order valence-corrected chi connectivity index (χ3v) is 7.27. The number of hydrogen-bond acceptors (Lipinski definition) is 4. The molecule has 5 rings (SSSR count). The summed E-state index contributed by atoms with van der Waals surface area (Å²) < 4.78 is 25.4. The number of rotatable bonds is 3. The maximum absolute atomic E-state index is 13.4. The van der Waals surface area contributed by atoms with E-state index in [4.69, 9.17) is 0 Å². The molecular formula is C23H26N4O4S. The van der Waals surface area contributed by atoms with E-state index in [1.807, 2.05) is 12.1 Å². The number of urea groups is 1. The Labute approximate surface area is 186 Å². The minimum absolute atomic E-state index is 0.0938. The molecule has 0 saturated heterocycles. The van der Waals surface area contributed by atoms with Crippen molar-refractivity contribution >= 4 is 32.5 Å². The van der Waals surface area contributed by atoms with Gasteiger partial charge in [-0.15, -0.1) is 0 Å². The molecule has 1 aliphatic heterocycles. The van der Waals surface area contributed by atoms with Crippen molar-refractivity contribution in [3.8, 4) is 11.1 Å². The van der Waals surface area contributed by atoms with Crippen LogP contribution in [0.5, 0.6) is 0 Å². The molecule has 2 aromatic heterocycles. The van der Waals surface area contributed by atoms with Crippen molar-refractivity contribution in [2.45, 2.75) is 44.0 Å². The number of aryl methyl sites for hydroxylation is 1. The molecule has 3 heterocycles. The summed E-state index contributed by atoms with van der Waals surface area (Å²) in [7, 11) is -1.54. The fourth-order valence-corrected chi connectivity index (χ4v) is 5.73. The standard InChI is InChI=1S/C23H26N4O4S/c1-26-12-18-17-9-14(13-32(2,30)31)7-8-19(17)27(23(29)25-16-5-3-4-6-16)11-15-10-24-21(20(15)18)22(26)28/h7-10,12,16,24H,3-6,11,13H2,1-2H3,(H,25,29). The molecule has 0 unspecified atom stereocenters. The van der Waals surface area contributed by atoms with Gasteiger partial charge in [-0.05, 0) is 36.1 Å². The molecule has 0 atom stereocenters. The van der Waals surface area contributed by atoms with E-state index in [0.29, 0.717) is 23.3 Å². The molecule has 168 valence electrons. The number of aromatic nitrogens is 2. The van der Waals surface area contributed by atoms with Gasteiger partial charge in [0.1, 0.15) is 5.52 Å². The summed E-state index contributed by atoms with van der Waals surface area (Å²) in [5.41, 5.74) is 4.09. The largest absolute Gasteiger partial charge is 0.356 e. The van der Waals surface area contributed by atoms with Gasteiger partial charge in [0.15, 0.2) is 9.84 Å². The topological polar surface area (TPSA) is 104 Å². The van der Waals surface area contributed by atoms with Crippen molar-refractivity contribution < 1.29 is 13.2 Å². The number of aromatic amines is 1. The molecule has 8 nitrogen and oxygen atoms in total. The highest BCUT2D eigenvalue weighted by Crippen LogP contribution is 2.41. The van der Waals surface area contributed by atoms with Crippen LogP contribution in [0.1, 0.15) is 36.8 Å². The number of H-pyrrole nitrogens is 1. The fourth-order valence-electron chi connectivity index (χ4n) is 4.95. The number of benzene rings is 1. The summed E-state index contributed by atoms with van der Waals surface area (Å²) in [4.78, 5) is 30.9. The molecule has 3 aromatic rings. The van der Waals surface area contributed by atoms with E-state index in [0.717, 1.165) is 47.8 Å². The van der Waals surface area contributed by atoms with E-state index < -0.39 is 9.84 Å². The fraction of sp³-hybridized carbons (Fsp3) is 0.391. The highest BCUT2D eigenvalue weighted by Gasteiger charge is 2.29. The van der Waals surface area contributed by atoms with Crippen molar-refractivity contribution in [1.82, 2.24) is 14.9 Å². The number of fused-ring (bicyclic) bond motifs is 2. The van der Waals surface area contributed by atoms with E-state index in [9.17, 15) is 18.0 Å². The van der Waals surface area contributed by atoms with Crippen LogP contribution in [0.4, 0.5) is 10.5 Å². The van der Waals surface area contributed by atoms with E-state index in [1.165, 1.54) is 10.8 Å². The van der Waals surface area contributed by atoms with Crippen LogP contribution in [-0.4, -0.2) is 36.3 Å². The number of nitrogens with one attached hydrogen (secondary N) is 2. The molecule has 1 fully saturated rings. The van der Waals surface area contributed by atoms with Gasteiger partial charge in [-0.25, -0.2) is 13.2 Å². The predicted molar refractivity (Wildman–Crippen MR) is 124 cm³/mol. The van der Waals surface area contributed by atoms with Gasteiger partial charge in [-0.1, -0.05) is 18.9 Å². The van der Waals surface area contributed by atoms with Crippen LogP contribution in [0.15, 0.2) is 35.4 Å². The second-order valence-electron chi connectivity index (χ2n) is 8.96. The highest BCUT2D eigenvalue weighted by molar-refractivity contribution is 7.89. The zero-order chi connectivity index (χ0) is 22.6. The van der Waals surface area contributed by atoms with Gasteiger partial charge in [0.05, 0.1) is 18.0 Å². The zero-order valence-electron chi connectivity index (χ0n) is 18.1. The normalized spacial score (nSPS) is 16.2. The van der Waals surface area contributed by atoms with Crippen LogP contribution < -0.4 is 15.8 Å². The zero-order valence-corrected chi connectivity index (χ0v) is 19.0. The Kier molecular flexibility index (Phi) is 4.88. The summed E-state index contributed by atoms with van der Waals surface area (Å²) in [5, 5.41) is 3.94. The molecule has 1 aliphatic carbocycles. The minimum atomic E-state index is -3.23. The van der Waals surface area contributed by atoms with E-state index in [2.05, 4.69) is 10.3 Å². The van der Waals surface area contributed by atoms with Gasteiger partial charge < -0.3 is 14.9 Å². The van der Waals surface area contributed by atoms with Crippen LogP contribution >= 0.6 is 0 Å². The quantitative estimate of drug-likeness (QED) is 0.635. The van der Waals surface area contributed by atoms with Gasteiger partial charge in [-0.2, -0.15) is 0 Å². The molecule has 0 spiro atoms. The number of sulfone groups is 1. The molecule has 1 aromatic carbocycles. The number of nitrogens with zero attached hydrogens (tertiary/aromatic N) is 2. The van der Waals surface area contributed by atoms with Gasteiger partial charge in [-0.3, -0.25) is 9.69 Å². The van der Waals surface area contributed by atoms with Crippen LogP contribution in [0.2, 0.25) is 0 Å². The monoisotopic (exact) mass is 454 g/mol. The van der Waals surface area contributed by atoms with Gasteiger partial charge in [0.25, 0.3) is 5.56 Å². The Hall–Kier alpha value is -3.07. The van der Waals surface area contributed by atoms with Crippen molar-refractivity contribution in [2.75, 3.05) is 11.2 Å². The first kappa shape index (κ1) is 20.8. The summed E-state index contributed by atoms with van der Waals surface area (Å²) in [6.07, 6.45) is 8.94. The number of carbonyl (C=O) groups is 1. The number of hydrogen-bond donors (Lipinski definition) is 2. The first-order valence-electron chi connectivity index (χ1n) is 10.8. The average Bonchev–Trinajstić information content (AvgIpc) is 3.35. The Morgan fingerprint density at radius 1 is 1.22 bits per heavy atom. The van der Waals surface area contributed by atoms with Gasteiger partial charge >= 0.3 is 6.03 Å². The maximum atomic E-state index is 13.4. The summed E-state index contributed by atoms with van der Waals surface area (Å²) >= 11 is 0. The first-order valence-corrected chi connectivity index (χ1v) is 12.9. The molecule has 2 amide bonds. The lowest BCUT2D eigenvalue weighted by Crippen LogP contribution is -2.43. The van der Waals surface area contributed by atoms with Crippen molar-refractivity contribution in [3.63, 3.8) is 0 Å². The van der Waals surface area contributed by atoms with E-state index >= 15 is 0 Å².